The number of aromatic nitrogens is 2. The lowest BCUT2D eigenvalue weighted by Gasteiger charge is -2.33. The number of rotatable bonds is 3. The third kappa shape index (κ3) is 3.40. The Morgan fingerprint density at radius 2 is 1.91 bits per heavy atom. The van der Waals surface area contributed by atoms with Gasteiger partial charge in [-0.25, -0.2) is 9.97 Å². The molecule has 0 aromatic carbocycles. The number of piperazine rings is 1. The fourth-order valence-corrected chi connectivity index (χ4v) is 2.38. The van der Waals surface area contributed by atoms with Crippen LogP contribution in [0.1, 0.15) is 10.5 Å². The molecule has 0 bridgehead atoms. The molecule has 0 atom stereocenters. The number of hydrogen-bond acceptors (Lipinski definition) is 5. The van der Waals surface area contributed by atoms with Gasteiger partial charge in [0, 0.05) is 32.4 Å². The van der Waals surface area contributed by atoms with E-state index < -0.39 is 0 Å². The molecule has 0 aliphatic carbocycles. The Kier molecular flexibility index (Phi) is 4.29. The van der Waals surface area contributed by atoms with Gasteiger partial charge in [0.05, 0.1) is 0 Å². The normalized spacial score (nSPS) is 15.6. The molecule has 2 aromatic rings. The molecule has 1 aliphatic rings. The van der Waals surface area contributed by atoms with E-state index >= 15 is 0 Å². The first-order valence-corrected chi connectivity index (χ1v) is 7.35. The smallest absolute Gasteiger partial charge is 0.275 e. The summed E-state index contributed by atoms with van der Waals surface area (Å²) >= 11 is 0. The number of anilines is 2. The topological polar surface area (TPSA) is 61.4 Å². The summed E-state index contributed by atoms with van der Waals surface area (Å²) in [6, 6.07) is 10.9. The van der Waals surface area contributed by atoms with Crippen LogP contribution in [0.4, 0.5) is 11.6 Å². The summed E-state index contributed by atoms with van der Waals surface area (Å²) in [5.41, 5.74) is 0.405. The van der Waals surface area contributed by atoms with Gasteiger partial charge in [-0.2, -0.15) is 0 Å². The number of pyridine rings is 2. The van der Waals surface area contributed by atoms with Crippen LogP contribution in [-0.4, -0.2) is 54.0 Å². The summed E-state index contributed by atoms with van der Waals surface area (Å²) < 4.78 is 0. The van der Waals surface area contributed by atoms with Crippen molar-refractivity contribution in [2.75, 3.05) is 43.4 Å². The Bertz CT molecular complexity index is 638. The number of nitrogens with zero attached hydrogens (tertiary/aromatic N) is 4. The zero-order valence-electron chi connectivity index (χ0n) is 12.6. The highest BCUT2D eigenvalue weighted by atomic mass is 16.1. The second-order valence-electron chi connectivity index (χ2n) is 5.34. The van der Waals surface area contributed by atoms with Crippen molar-refractivity contribution in [3.8, 4) is 0 Å². The standard InChI is InChI=1S/C16H19N5O/c1-20-9-11-21(12-10-20)15-7-4-5-13(18-15)16(22)19-14-6-2-3-8-17-14/h2-8H,9-12H2,1H3,(H,17,19,22). The number of amides is 1. The van der Waals surface area contributed by atoms with Gasteiger partial charge in [0.1, 0.15) is 17.3 Å². The van der Waals surface area contributed by atoms with Crippen LogP contribution in [-0.2, 0) is 0 Å². The van der Waals surface area contributed by atoms with Crippen LogP contribution < -0.4 is 10.2 Å². The van der Waals surface area contributed by atoms with Crippen molar-refractivity contribution in [3.63, 3.8) is 0 Å². The van der Waals surface area contributed by atoms with Crippen LogP contribution >= 0.6 is 0 Å². The van der Waals surface area contributed by atoms with Gasteiger partial charge in [-0.15, -0.1) is 0 Å². The molecule has 0 unspecified atom stereocenters. The third-order valence-electron chi connectivity index (χ3n) is 3.70. The minimum Gasteiger partial charge on any atom is -0.354 e. The molecule has 114 valence electrons. The van der Waals surface area contributed by atoms with Gasteiger partial charge in [0.25, 0.3) is 5.91 Å². The van der Waals surface area contributed by atoms with Crippen LogP contribution in [0.3, 0.4) is 0 Å². The Labute approximate surface area is 129 Å². The maximum atomic E-state index is 12.3. The number of carbonyl (C=O) groups is 1. The molecule has 3 rings (SSSR count). The van der Waals surface area contributed by atoms with Crippen molar-refractivity contribution in [3.05, 3.63) is 48.3 Å². The van der Waals surface area contributed by atoms with Gasteiger partial charge in [-0.05, 0) is 31.3 Å². The van der Waals surface area contributed by atoms with E-state index in [1.807, 2.05) is 24.3 Å². The molecule has 22 heavy (non-hydrogen) atoms. The third-order valence-corrected chi connectivity index (χ3v) is 3.70. The van der Waals surface area contributed by atoms with Crippen molar-refractivity contribution in [2.45, 2.75) is 0 Å². The minimum absolute atomic E-state index is 0.241. The van der Waals surface area contributed by atoms with Crippen molar-refractivity contribution < 1.29 is 4.79 Å². The minimum atomic E-state index is -0.241. The second kappa shape index (κ2) is 6.53. The van der Waals surface area contributed by atoms with Gasteiger partial charge in [-0.1, -0.05) is 12.1 Å². The summed E-state index contributed by atoms with van der Waals surface area (Å²) in [6.07, 6.45) is 1.64. The van der Waals surface area contributed by atoms with E-state index in [9.17, 15) is 4.79 Å². The predicted molar refractivity (Wildman–Crippen MR) is 86.1 cm³/mol. The van der Waals surface area contributed by atoms with E-state index in [0.29, 0.717) is 11.5 Å². The lowest BCUT2D eigenvalue weighted by molar-refractivity contribution is 0.102. The Hall–Kier alpha value is -2.47. The average Bonchev–Trinajstić information content (AvgIpc) is 2.56. The van der Waals surface area contributed by atoms with E-state index in [1.54, 1.807) is 18.3 Å². The molecule has 1 saturated heterocycles. The Balaban J connectivity index is 1.72. The SMILES string of the molecule is CN1CCN(c2cccc(C(=O)Nc3ccccn3)n2)CC1. The number of nitrogens with one attached hydrogen (secondary N) is 1. The van der Waals surface area contributed by atoms with Gasteiger partial charge in [-0.3, -0.25) is 4.79 Å². The van der Waals surface area contributed by atoms with Gasteiger partial charge in [0.2, 0.25) is 0 Å². The molecule has 6 heteroatoms. The summed E-state index contributed by atoms with van der Waals surface area (Å²) in [7, 11) is 2.11. The van der Waals surface area contributed by atoms with Crippen molar-refractivity contribution in [1.82, 2.24) is 14.9 Å². The van der Waals surface area contributed by atoms with E-state index in [2.05, 4.69) is 32.1 Å². The largest absolute Gasteiger partial charge is 0.354 e. The first-order valence-electron chi connectivity index (χ1n) is 7.35. The molecule has 1 amide bonds. The average molecular weight is 297 g/mol. The zero-order chi connectivity index (χ0) is 15.4. The summed E-state index contributed by atoms with van der Waals surface area (Å²) in [4.78, 5) is 25.3. The monoisotopic (exact) mass is 297 g/mol. The number of carbonyl (C=O) groups excluding carboxylic acids is 1. The Morgan fingerprint density at radius 1 is 1.09 bits per heavy atom. The highest BCUT2D eigenvalue weighted by Gasteiger charge is 2.17. The predicted octanol–water partition coefficient (Wildman–Crippen LogP) is 1.48. The van der Waals surface area contributed by atoms with Crippen LogP contribution in [0.2, 0.25) is 0 Å². The molecule has 1 aliphatic heterocycles. The van der Waals surface area contributed by atoms with Crippen LogP contribution in [0, 0.1) is 0 Å². The first-order chi connectivity index (χ1) is 10.7. The molecule has 0 spiro atoms. The molecule has 1 fully saturated rings. The van der Waals surface area contributed by atoms with Crippen LogP contribution in [0.15, 0.2) is 42.6 Å². The maximum Gasteiger partial charge on any atom is 0.275 e. The summed E-state index contributed by atoms with van der Waals surface area (Å²) in [5.74, 6) is 1.13. The second-order valence-corrected chi connectivity index (χ2v) is 5.34. The molecule has 3 heterocycles. The Morgan fingerprint density at radius 3 is 2.64 bits per heavy atom. The number of hydrogen-bond donors (Lipinski definition) is 1. The fourth-order valence-electron chi connectivity index (χ4n) is 2.38. The van der Waals surface area contributed by atoms with E-state index in [0.717, 1.165) is 32.0 Å². The van der Waals surface area contributed by atoms with Crippen molar-refractivity contribution >= 4 is 17.5 Å². The number of likely N-dealkylation sites (N-methyl/N-ethyl adjacent to an activating group) is 1. The van der Waals surface area contributed by atoms with E-state index in [-0.39, 0.29) is 5.91 Å². The van der Waals surface area contributed by atoms with Crippen LogP contribution in [0.25, 0.3) is 0 Å². The van der Waals surface area contributed by atoms with Crippen LogP contribution in [0.5, 0.6) is 0 Å². The van der Waals surface area contributed by atoms with E-state index in [1.165, 1.54) is 0 Å². The molecule has 0 saturated carbocycles. The van der Waals surface area contributed by atoms with Gasteiger partial charge < -0.3 is 15.1 Å². The van der Waals surface area contributed by atoms with Crippen molar-refractivity contribution in [1.29, 1.82) is 0 Å². The van der Waals surface area contributed by atoms with Gasteiger partial charge >= 0.3 is 0 Å². The van der Waals surface area contributed by atoms with Crippen molar-refractivity contribution in [2.24, 2.45) is 0 Å². The molecule has 6 nitrogen and oxygen atoms in total. The summed E-state index contributed by atoms with van der Waals surface area (Å²) in [6.45, 7) is 3.86. The quantitative estimate of drug-likeness (QED) is 0.930. The maximum absolute atomic E-state index is 12.3. The summed E-state index contributed by atoms with van der Waals surface area (Å²) in [5, 5.41) is 2.76. The highest BCUT2D eigenvalue weighted by molar-refractivity contribution is 6.02. The molecule has 0 radical (unpaired) electrons. The molecular weight excluding hydrogens is 278 g/mol. The fraction of sp³-hybridized carbons (Fsp3) is 0.312. The highest BCUT2D eigenvalue weighted by Crippen LogP contribution is 2.14. The zero-order valence-corrected chi connectivity index (χ0v) is 12.6. The molecule has 1 N–H and O–H groups in total. The van der Waals surface area contributed by atoms with E-state index in [4.69, 9.17) is 0 Å². The molecule has 2 aromatic heterocycles. The first kappa shape index (κ1) is 14.5. The molecular formula is C16H19N5O. The van der Waals surface area contributed by atoms with Gasteiger partial charge in [0.15, 0.2) is 0 Å². The lowest BCUT2D eigenvalue weighted by atomic mass is 10.3. The lowest BCUT2D eigenvalue weighted by Crippen LogP contribution is -2.44.